The predicted octanol–water partition coefficient (Wildman–Crippen LogP) is 1.64. The van der Waals surface area contributed by atoms with Crippen molar-refractivity contribution in [1.29, 1.82) is 0 Å². The number of nitrogens with zero attached hydrogens (tertiary/aromatic N) is 2. The van der Waals surface area contributed by atoms with Crippen LogP contribution in [0.15, 0.2) is 0 Å². The zero-order valence-electron chi connectivity index (χ0n) is 10.6. The topological polar surface area (TPSA) is 56.2 Å². The molecule has 0 unspecified atom stereocenters. The molecule has 94 valence electrons. The number of carbonyl (C=O) groups is 1. The Hall–Kier alpha value is -1.36. The van der Waals surface area contributed by atoms with Crippen molar-refractivity contribution in [3.63, 3.8) is 0 Å². The molecule has 0 bridgehead atoms. The van der Waals surface area contributed by atoms with E-state index in [1.165, 1.54) is 0 Å². The van der Waals surface area contributed by atoms with E-state index in [1.807, 2.05) is 25.5 Å². The second kappa shape index (κ2) is 4.87. The van der Waals surface area contributed by atoms with E-state index in [1.54, 1.807) is 0 Å². The Morgan fingerprint density at radius 1 is 1.59 bits per heavy atom. The third-order valence-corrected chi connectivity index (χ3v) is 3.15. The van der Waals surface area contributed by atoms with E-state index in [4.69, 9.17) is 4.74 Å². The molecule has 5 nitrogen and oxygen atoms in total. The highest BCUT2D eigenvalue weighted by Gasteiger charge is 2.25. The van der Waals surface area contributed by atoms with E-state index in [2.05, 4.69) is 10.4 Å². The van der Waals surface area contributed by atoms with Gasteiger partial charge in [0.05, 0.1) is 17.1 Å². The molecule has 1 N–H and O–H groups in total. The van der Waals surface area contributed by atoms with Gasteiger partial charge >= 0.3 is 0 Å². The Morgan fingerprint density at radius 3 is 2.88 bits per heavy atom. The highest BCUT2D eigenvalue weighted by molar-refractivity contribution is 5.95. The molecule has 1 aromatic rings. The number of anilines is 1. The Labute approximate surface area is 101 Å². The summed E-state index contributed by atoms with van der Waals surface area (Å²) < 4.78 is 7.25. The van der Waals surface area contributed by atoms with Gasteiger partial charge in [-0.1, -0.05) is 0 Å². The molecule has 0 spiro atoms. The third kappa shape index (κ3) is 2.34. The summed E-state index contributed by atoms with van der Waals surface area (Å²) in [6, 6.07) is 0. The Morgan fingerprint density at radius 2 is 2.35 bits per heavy atom. The van der Waals surface area contributed by atoms with Crippen LogP contribution >= 0.6 is 0 Å². The largest absolute Gasteiger partial charge is 0.368 e. The number of hydrogen-bond acceptors (Lipinski definition) is 3. The van der Waals surface area contributed by atoms with Crippen LogP contribution in [-0.2, 0) is 16.1 Å². The van der Waals surface area contributed by atoms with Crippen LogP contribution in [0, 0.1) is 13.8 Å². The molecule has 1 aromatic heterocycles. The smallest absolute Gasteiger partial charge is 0.253 e. The van der Waals surface area contributed by atoms with Gasteiger partial charge < -0.3 is 10.1 Å². The van der Waals surface area contributed by atoms with Gasteiger partial charge in [0, 0.05) is 13.2 Å². The average molecular weight is 237 g/mol. The molecule has 0 radical (unpaired) electrons. The molecule has 0 saturated carbocycles. The van der Waals surface area contributed by atoms with Crippen LogP contribution in [0.2, 0.25) is 0 Å². The van der Waals surface area contributed by atoms with E-state index in [0.29, 0.717) is 6.61 Å². The van der Waals surface area contributed by atoms with Gasteiger partial charge in [0.15, 0.2) is 0 Å². The van der Waals surface area contributed by atoms with Gasteiger partial charge in [0.2, 0.25) is 0 Å². The standard InChI is InChI=1S/C12H19N3O2/c1-4-15-9(3)11(8(2)14-15)13-12(16)10-6-5-7-17-10/h10H,4-7H2,1-3H3,(H,13,16)/t10-/m0/s1. The van der Waals surface area contributed by atoms with Crippen LogP contribution in [0.1, 0.15) is 31.2 Å². The fourth-order valence-electron chi connectivity index (χ4n) is 2.17. The SMILES string of the molecule is CCn1nc(C)c(NC(=O)[C@@H]2CCCO2)c1C. The van der Waals surface area contributed by atoms with Crippen LogP contribution in [0.25, 0.3) is 0 Å². The zero-order valence-corrected chi connectivity index (χ0v) is 10.6. The molecule has 1 amide bonds. The Balaban J connectivity index is 2.12. The first-order valence-corrected chi connectivity index (χ1v) is 6.10. The van der Waals surface area contributed by atoms with E-state index in [0.717, 1.165) is 36.5 Å². The molecule has 2 heterocycles. The van der Waals surface area contributed by atoms with Gasteiger partial charge in [-0.15, -0.1) is 0 Å². The Kier molecular flexibility index (Phi) is 3.47. The maximum absolute atomic E-state index is 11.9. The molecule has 1 saturated heterocycles. The van der Waals surface area contributed by atoms with Crippen molar-refractivity contribution in [3.8, 4) is 0 Å². The number of amides is 1. The molecular weight excluding hydrogens is 218 g/mol. The van der Waals surface area contributed by atoms with Gasteiger partial charge in [0.25, 0.3) is 5.91 Å². The van der Waals surface area contributed by atoms with E-state index in [-0.39, 0.29) is 12.0 Å². The number of aromatic nitrogens is 2. The predicted molar refractivity (Wildman–Crippen MR) is 65.0 cm³/mol. The minimum atomic E-state index is -0.293. The van der Waals surface area contributed by atoms with Crippen LogP contribution in [0.3, 0.4) is 0 Å². The molecule has 17 heavy (non-hydrogen) atoms. The summed E-state index contributed by atoms with van der Waals surface area (Å²) in [7, 11) is 0. The summed E-state index contributed by atoms with van der Waals surface area (Å²) >= 11 is 0. The van der Waals surface area contributed by atoms with Crippen LogP contribution in [0.4, 0.5) is 5.69 Å². The molecule has 0 aliphatic carbocycles. The van der Waals surface area contributed by atoms with Crippen LogP contribution in [-0.4, -0.2) is 28.4 Å². The van der Waals surface area contributed by atoms with Gasteiger partial charge in [-0.3, -0.25) is 9.48 Å². The minimum Gasteiger partial charge on any atom is -0.368 e. The normalized spacial score (nSPS) is 19.6. The minimum absolute atomic E-state index is 0.0515. The highest BCUT2D eigenvalue weighted by atomic mass is 16.5. The summed E-state index contributed by atoms with van der Waals surface area (Å²) in [6.45, 7) is 7.40. The molecular formula is C12H19N3O2. The summed E-state index contributed by atoms with van der Waals surface area (Å²) in [5.41, 5.74) is 2.68. The number of hydrogen-bond donors (Lipinski definition) is 1. The van der Waals surface area contributed by atoms with Gasteiger partial charge in [-0.25, -0.2) is 0 Å². The van der Waals surface area contributed by atoms with E-state index >= 15 is 0 Å². The van der Waals surface area contributed by atoms with Gasteiger partial charge in [0.1, 0.15) is 6.10 Å². The quantitative estimate of drug-likeness (QED) is 0.869. The second-order valence-corrected chi connectivity index (χ2v) is 4.35. The van der Waals surface area contributed by atoms with Crippen LogP contribution in [0.5, 0.6) is 0 Å². The van der Waals surface area contributed by atoms with Crippen molar-refractivity contribution in [2.75, 3.05) is 11.9 Å². The maximum atomic E-state index is 11.9. The Bertz CT molecular complexity index is 420. The monoisotopic (exact) mass is 237 g/mol. The van der Waals surface area contributed by atoms with Gasteiger partial charge in [-0.05, 0) is 33.6 Å². The summed E-state index contributed by atoms with van der Waals surface area (Å²) in [5.74, 6) is -0.0515. The fourth-order valence-corrected chi connectivity index (χ4v) is 2.17. The van der Waals surface area contributed by atoms with E-state index < -0.39 is 0 Å². The number of rotatable bonds is 3. The van der Waals surface area contributed by atoms with Crippen molar-refractivity contribution < 1.29 is 9.53 Å². The van der Waals surface area contributed by atoms with Crippen molar-refractivity contribution in [2.24, 2.45) is 0 Å². The van der Waals surface area contributed by atoms with Crippen LogP contribution < -0.4 is 5.32 Å². The van der Waals surface area contributed by atoms with Gasteiger partial charge in [-0.2, -0.15) is 5.10 Å². The lowest BCUT2D eigenvalue weighted by Crippen LogP contribution is -2.27. The molecule has 1 atom stereocenters. The summed E-state index contributed by atoms with van der Waals surface area (Å²) in [5, 5.41) is 7.30. The van der Waals surface area contributed by atoms with Crippen molar-refractivity contribution in [3.05, 3.63) is 11.4 Å². The molecule has 1 fully saturated rings. The summed E-state index contributed by atoms with van der Waals surface area (Å²) in [6.07, 6.45) is 1.48. The summed E-state index contributed by atoms with van der Waals surface area (Å²) in [4.78, 5) is 11.9. The third-order valence-electron chi connectivity index (χ3n) is 3.15. The number of carbonyl (C=O) groups excluding carboxylic acids is 1. The molecule has 1 aliphatic rings. The molecule has 2 rings (SSSR count). The molecule has 5 heteroatoms. The van der Waals surface area contributed by atoms with E-state index in [9.17, 15) is 4.79 Å². The lowest BCUT2D eigenvalue weighted by molar-refractivity contribution is -0.124. The molecule has 0 aromatic carbocycles. The second-order valence-electron chi connectivity index (χ2n) is 4.35. The average Bonchev–Trinajstić information content (AvgIpc) is 2.92. The van der Waals surface area contributed by atoms with Crippen molar-refractivity contribution in [1.82, 2.24) is 9.78 Å². The number of aryl methyl sites for hydroxylation is 2. The van der Waals surface area contributed by atoms with Crippen molar-refractivity contribution in [2.45, 2.75) is 46.3 Å². The first-order valence-electron chi connectivity index (χ1n) is 6.10. The lowest BCUT2D eigenvalue weighted by atomic mass is 10.2. The van der Waals surface area contributed by atoms with Crippen molar-refractivity contribution >= 4 is 11.6 Å². The number of ether oxygens (including phenoxy) is 1. The first-order chi connectivity index (χ1) is 8.13. The highest BCUT2D eigenvalue weighted by Crippen LogP contribution is 2.21. The lowest BCUT2D eigenvalue weighted by Gasteiger charge is -2.10. The molecule has 1 aliphatic heterocycles. The fraction of sp³-hybridized carbons (Fsp3) is 0.667. The zero-order chi connectivity index (χ0) is 12.4. The number of nitrogens with one attached hydrogen (secondary N) is 1. The maximum Gasteiger partial charge on any atom is 0.253 e. The first kappa shape index (κ1) is 12.1.